The zero-order valence-corrected chi connectivity index (χ0v) is 12.7. The molecule has 0 aromatic heterocycles. The fraction of sp³-hybridized carbons (Fsp3) is 0.467. The number of aryl methyl sites for hydroxylation is 1. The summed E-state index contributed by atoms with van der Waals surface area (Å²) < 4.78 is 0. The molecule has 1 aromatic rings. The molecule has 4 nitrogen and oxygen atoms in total. The first-order valence-corrected chi connectivity index (χ1v) is 8.07. The summed E-state index contributed by atoms with van der Waals surface area (Å²) >= 11 is 1.60. The number of carbonyl (C=O) groups is 2. The molecule has 20 heavy (non-hydrogen) atoms. The van der Waals surface area contributed by atoms with Gasteiger partial charge in [-0.1, -0.05) is 6.07 Å². The lowest BCUT2D eigenvalue weighted by atomic mass is 10.1. The molecule has 1 aromatic carbocycles. The molecule has 0 spiro atoms. The number of nitrogens with one attached hydrogen (secondary N) is 2. The summed E-state index contributed by atoms with van der Waals surface area (Å²) in [5.41, 5.74) is 1.57. The fourth-order valence-corrected chi connectivity index (χ4v) is 2.73. The van der Waals surface area contributed by atoms with Gasteiger partial charge in [0.15, 0.2) is 0 Å². The fourth-order valence-electron chi connectivity index (χ4n) is 2.29. The number of hydrogen-bond acceptors (Lipinski definition) is 3. The smallest absolute Gasteiger partial charge is 0.252 e. The van der Waals surface area contributed by atoms with E-state index < -0.39 is 6.04 Å². The van der Waals surface area contributed by atoms with Crippen molar-refractivity contribution >= 4 is 23.6 Å². The van der Waals surface area contributed by atoms with Gasteiger partial charge in [0, 0.05) is 17.0 Å². The van der Waals surface area contributed by atoms with E-state index in [0.29, 0.717) is 18.5 Å². The number of amides is 2. The molecule has 0 aliphatic carbocycles. The lowest BCUT2D eigenvalue weighted by Gasteiger charge is -2.16. The van der Waals surface area contributed by atoms with E-state index in [1.54, 1.807) is 11.8 Å². The van der Waals surface area contributed by atoms with Crippen LogP contribution in [-0.4, -0.2) is 30.7 Å². The van der Waals surface area contributed by atoms with Crippen molar-refractivity contribution in [2.75, 3.05) is 12.8 Å². The Bertz CT molecular complexity index is 517. The Balaban J connectivity index is 2.12. The Morgan fingerprint density at radius 3 is 2.95 bits per heavy atom. The maximum atomic E-state index is 12.4. The normalized spacial score (nSPS) is 19.1. The quantitative estimate of drug-likeness (QED) is 0.839. The molecule has 2 N–H and O–H groups in total. The first-order chi connectivity index (χ1) is 9.61. The number of carbonyl (C=O) groups excluding carboxylic acids is 2. The third-order valence-electron chi connectivity index (χ3n) is 3.53. The van der Waals surface area contributed by atoms with Crippen molar-refractivity contribution in [1.29, 1.82) is 0 Å². The number of rotatable bonds is 3. The van der Waals surface area contributed by atoms with Gasteiger partial charge in [-0.05, 0) is 50.1 Å². The van der Waals surface area contributed by atoms with Crippen molar-refractivity contribution in [3.05, 3.63) is 29.3 Å². The van der Waals surface area contributed by atoms with Crippen LogP contribution in [0.2, 0.25) is 0 Å². The average Bonchev–Trinajstić information content (AvgIpc) is 2.64. The summed E-state index contributed by atoms with van der Waals surface area (Å²) in [7, 11) is 0. The Kier molecular flexibility index (Phi) is 5.06. The van der Waals surface area contributed by atoms with Crippen LogP contribution in [0.5, 0.6) is 0 Å². The van der Waals surface area contributed by atoms with E-state index in [-0.39, 0.29) is 11.8 Å². The van der Waals surface area contributed by atoms with Gasteiger partial charge in [0.25, 0.3) is 5.91 Å². The van der Waals surface area contributed by atoms with Gasteiger partial charge < -0.3 is 10.6 Å². The molecule has 0 saturated carbocycles. The van der Waals surface area contributed by atoms with Crippen molar-refractivity contribution in [2.45, 2.75) is 37.1 Å². The highest BCUT2D eigenvalue weighted by Gasteiger charge is 2.23. The van der Waals surface area contributed by atoms with Gasteiger partial charge in [-0.3, -0.25) is 9.59 Å². The van der Waals surface area contributed by atoms with Crippen LogP contribution in [0.15, 0.2) is 23.1 Å². The van der Waals surface area contributed by atoms with Gasteiger partial charge in [-0.15, -0.1) is 11.8 Å². The number of benzene rings is 1. The first kappa shape index (κ1) is 14.9. The van der Waals surface area contributed by atoms with Crippen molar-refractivity contribution in [2.24, 2.45) is 0 Å². The highest BCUT2D eigenvalue weighted by molar-refractivity contribution is 7.98. The van der Waals surface area contributed by atoms with E-state index in [0.717, 1.165) is 23.3 Å². The summed E-state index contributed by atoms with van der Waals surface area (Å²) in [4.78, 5) is 25.3. The number of hydrogen-bond donors (Lipinski definition) is 2. The van der Waals surface area contributed by atoms with Gasteiger partial charge in [-0.25, -0.2) is 0 Å². The molecular weight excluding hydrogens is 272 g/mol. The highest BCUT2D eigenvalue weighted by atomic mass is 32.2. The third-order valence-corrected chi connectivity index (χ3v) is 4.26. The standard InChI is InChI=1S/C15H20N2O2S/c1-10-6-7-11(20-2)9-12(10)14(18)17-13-5-3-4-8-16-15(13)19/h6-7,9,13H,3-5,8H2,1-2H3,(H,16,19)(H,17,18)/t13-/m0/s1. The molecule has 0 bridgehead atoms. The maximum absolute atomic E-state index is 12.4. The Morgan fingerprint density at radius 2 is 2.20 bits per heavy atom. The predicted octanol–water partition coefficient (Wildman–Crippen LogP) is 2.12. The minimum absolute atomic E-state index is 0.0745. The molecular formula is C15H20N2O2S. The van der Waals surface area contributed by atoms with Crippen molar-refractivity contribution in [1.82, 2.24) is 10.6 Å². The van der Waals surface area contributed by atoms with Gasteiger partial charge in [0.2, 0.25) is 5.91 Å². The topological polar surface area (TPSA) is 58.2 Å². The van der Waals surface area contributed by atoms with Crippen molar-refractivity contribution in [3.8, 4) is 0 Å². The van der Waals surface area contributed by atoms with E-state index >= 15 is 0 Å². The first-order valence-electron chi connectivity index (χ1n) is 6.85. The summed E-state index contributed by atoms with van der Waals surface area (Å²) in [5, 5.41) is 5.69. The van der Waals surface area contributed by atoms with Crippen LogP contribution in [-0.2, 0) is 4.79 Å². The van der Waals surface area contributed by atoms with Crippen LogP contribution in [0.3, 0.4) is 0 Å². The minimum Gasteiger partial charge on any atom is -0.354 e. The van der Waals surface area contributed by atoms with E-state index in [1.807, 2.05) is 31.4 Å². The second-order valence-corrected chi connectivity index (χ2v) is 5.87. The second-order valence-electron chi connectivity index (χ2n) is 4.99. The minimum atomic E-state index is -0.415. The summed E-state index contributed by atoms with van der Waals surface area (Å²) in [5.74, 6) is -0.241. The molecule has 2 amide bonds. The number of thioether (sulfide) groups is 1. The van der Waals surface area contributed by atoms with Crippen LogP contribution in [0.1, 0.15) is 35.2 Å². The largest absolute Gasteiger partial charge is 0.354 e. The van der Waals surface area contributed by atoms with E-state index in [4.69, 9.17) is 0 Å². The van der Waals surface area contributed by atoms with E-state index in [9.17, 15) is 9.59 Å². The average molecular weight is 292 g/mol. The van der Waals surface area contributed by atoms with Gasteiger partial charge in [0.05, 0.1) is 0 Å². The van der Waals surface area contributed by atoms with E-state index in [2.05, 4.69) is 10.6 Å². The highest BCUT2D eigenvalue weighted by Crippen LogP contribution is 2.19. The maximum Gasteiger partial charge on any atom is 0.252 e. The lowest BCUT2D eigenvalue weighted by Crippen LogP contribution is -2.45. The van der Waals surface area contributed by atoms with Gasteiger partial charge in [0.1, 0.15) is 6.04 Å². The molecule has 1 aliphatic heterocycles. The SMILES string of the molecule is CSc1ccc(C)c(C(=O)N[C@H]2CCCCNC2=O)c1. The molecule has 1 atom stereocenters. The zero-order valence-electron chi connectivity index (χ0n) is 11.9. The predicted molar refractivity (Wildman–Crippen MR) is 81.1 cm³/mol. The molecule has 5 heteroatoms. The molecule has 1 fully saturated rings. The Hall–Kier alpha value is -1.49. The van der Waals surface area contributed by atoms with Crippen LogP contribution in [0, 0.1) is 6.92 Å². The summed E-state index contributed by atoms with van der Waals surface area (Å²) in [6.45, 7) is 2.61. The van der Waals surface area contributed by atoms with Gasteiger partial charge in [-0.2, -0.15) is 0 Å². The van der Waals surface area contributed by atoms with Crippen LogP contribution in [0.25, 0.3) is 0 Å². The molecule has 2 rings (SSSR count). The van der Waals surface area contributed by atoms with E-state index in [1.165, 1.54) is 0 Å². The monoisotopic (exact) mass is 292 g/mol. The Labute approximate surface area is 123 Å². The molecule has 1 heterocycles. The van der Waals surface area contributed by atoms with Crippen LogP contribution in [0.4, 0.5) is 0 Å². The molecule has 108 valence electrons. The molecule has 0 unspecified atom stereocenters. The van der Waals surface area contributed by atoms with Crippen LogP contribution < -0.4 is 10.6 Å². The summed E-state index contributed by atoms with van der Waals surface area (Å²) in [6, 6.07) is 5.40. The molecule has 0 radical (unpaired) electrons. The van der Waals surface area contributed by atoms with Crippen molar-refractivity contribution in [3.63, 3.8) is 0 Å². The second kappa shape index (κ2) is 6.79. The van der Waals surface area contributed by atoms with Crippen molar-refractivity contribution < 1.29 is 9.59 Å². The van der Waals surface area contributed by atoms with Gasteiger partial charge >= 0.3 is 0 Å². The lowest BCUT2D eigenvalue weighted by molar-refractivity contribution is -0.122. The molecule has 1 aliphatic rings. The zero-order chi connectivity index (χ0) is 14.5. The summed E-state index contributed by atoms with van der Waals surface area (Å²) in [6.07, 6.45) is 4.61. The Morgan fingerprint density at radius 1 is 1.40 bits per heavy atom. The van der Waals surface area contributed by atoms with Crippen LogP contribution >= 0.6 is 11.8 Å². The molecule has 1 saturated heterocycles. The third kappa shape index (κ3) is 3.54.